The molecule has 1 aromatic carbocycles. The second-order valence-electron chi connectivity index (χ2n) is 4.47. The third-order valence-corrected chi connectivity index (χ3v) is 3.01. The molecule has 20 heavy (non-hydrogen) atoms. The number of carbonyl (C=O) groups excluding carboxylic acids is 1. The number of aliphatic carboxylic acids is 1. The zero-order chi connectivity index (χ0) is 14.4. The van der Waals surface area contributed by atoms with Crippen LogP contribution in [-0.4, -0.2) is 28.0 Å². The Morgan fingerprint density at radius 3 is 2.50 bits per heavy atom. The summed E-state index contributed by atoms with van der Waals surface area (Å²) in [7, 11) is 0. The molecule has 0 saturated carbocycles. The highest BCUT2D eigenvalue weighted by Gasteiger charge is 2.20. The fourth-order valence-electron chi connectivity index (χ4n) is 1.92. The van der Waals surface area contributed by atoms with Gasteiger partial charge < -0.3 is 15.4 Å². The van der Waals surface area contributed by atoms with E-state index in [-0.39, 0.29) is 0 Å². The number of carboxylic acid groups (broad SMARTS) is 1. The van der Waals surface area contributed by atoms with Crippen LogP contribution in [0.4, 0.5) is 0 Å². The van der Waals surface area contributed by atoms with Crippen molar-refractivity contribution in [3.8, 4) is 0 Å². The number of benzene rings is 1. The maximum atomic E-state index is 11.8. The molecular formula is C15H16N2O3. The smallest absolute Gasteiger partial charge is 0.326 e. The summed E-state index contributed by atoms with van der Waals surface area (Å²) in [4.78, 5) is 25.8. The first-order valence-electron chi connectivity index (χ1n) is 6.38. The number of carboxylic acids is 1. The standard InChI is InChI=1S/C15H16N2O3/c18-14(12-7-4-10-16-12)17-13(15(19)20)9-8-11-5-2-1-3-6-11/h1-7,10,13,16H,8-9H2,(H,17,18)(H,19,20)/t13-/m0/s1. The minimum atomic E-state index is -1.03. The zero-order valence-corrected chi connectivity index (χ0v) is 10.9. The quantitative estimate of drug-likeness (QED) is 0.750. The summed E-state index contributed by atoms with van der Waals surface area (Å²) in [5.41, 5.74) is 1.41. The molecule has 2 rings (SSSR count). The molecule has 5 nitrogen and oxygen atoms in total. The first-order valence-corrected chi connectivity index (χ1v) is 6.38. The normalized spacial score (nSPS) is 11.8. The summed E-state index contributed by atoms with van der Waals surface area (Å²) in [5, 5.41) is 11.7. The van der Waals surface area contributed by atoms with Gasteiger partial charge in [0.1, 0.15) is 11.7 Å². The van der Waals surface area contributed by atoms with Gasteiger partial charge in [-0.3, -0.25) is 4.79 Å². The van der Waals surface area contributed by atoms with Crippen LogP contribution < -0.4 is 5.32 Å². The third kappa shape index (κ3) is 3.71. The van der Waals surface area contributed by atoms with Crippen molar-refractivity contribution in [1.82, 2.24) is 10.3 Å². The van der Waals surface area contributed by atoms with Gasteiger partial charge in [-0.2, -0.15) is 0 Å². The van der Waals surface area contributed by atoms with E-state index in [0.717, 1.165) is 5.56 Å². The average Bonchev–Trinajstić information content (AvgIpc) is 2.98. The molecule has 0 saturated heterocycles. The van der Waals surface area contributed by atoms with Crippen molar-refractivity contribution in [1.29, 1.82) is 0 Å². The average molecular weight is 272 g/mol. The molecule has 104 valence electrons. The number of nitrogens with one attached hydrogen (secondary N) is 2. The van der Waals surface area contributed by atoms with Crippen molar-refractivity contribution in [3.05, 3.63) is 59.9 Å². The van der Waals surface area contributed by atoms with Gasteiger partial charge in [0, 0.05) is 6.20 Å². The molecule has 0 radical (unpaired) electrons. The maximum absolute atomic E-state index is 11.8. The Bertz CT molecular complexity index is 564. The summed E-state index contributed by atoms with van der Waals surface area (Å²) in [6.45, 7) is 0. The summed E-state index contributed by atoms with van der Waals surface area (Å²) in [6, 6.07) is 12.0. The van der Waals surface area contributed by atoms with Crippen molar-refractivity contribution in [2.24, 2.45) is 0 Å². The topological polar surface area (TPSA) is 82.2 Å². The van der Waals surface area contributed by atoms with Gasteiger partial charge in [0.25, 0.3) is 5.91 Å². The Morgan fingerprint density at radius 1 is 1.15 bits per heavy atom. The fourth-order valence-corrected chi connectivity index (χ4v) is 1.92. The van der Waals surface area contributed by atoms with Crippen LogP contribution in [0.5, 0.6) is 0 Å². The molecule has 5 heteroatoms. The Labute approximate surface area is 116 Å². The molecule has 0 spiro atoms. The fraction of sp³-hybridized carbons (Fsp3) is 0.200. The SMILES string of the molecule is O=C(N[C@@H](CCc1ccccc1)C(=O)O)c1ccc[nH]1. The van der Waals surface area contributed by atoms with E-state index in [9.17, 15) is 14.7 Å². The van der Waals surface area contributed by atoms with Crippen LogP contribution in [0.15, 0.2) is 48.7 Å². The minimum absolute atomic E-state index is 0.353. The van der Waals surface area contributed by atoms with E-state index in [2.05, 4.69) is 10.3 Å². The van der Waals surface area contributed by atoms with Gasteiger partial charge in [-0.05, 0) is 30.5 Å². The van der Waals surface area contributed by atoms with Crippen molar-refractivity contribution >= 4 is 11.9 Å². The first kappa shape index (κ1) is 13.9. The van der Waals surface area contributed by atoms with Crippen LogP contribution in [-0.2, 0) is 11.2 Å². The van der Waals surface area contributed by atoms with Crippen LogP contribution in [0.2, 0.25) is 0 Å². The molecule has 1 aromatic heterocycles. The molecule has 0 aliphatic heterocycles. The first-order chi connectivity index (χ1) is 9.66. The van der Waals surface area contributed by atoms with E-state index in [1.54, 1.807) is 18.3 Å². The Balaban J connectivity index is 1.94. The number of aromatic amines is 1. The van der Waals surface area contributed by atoms with Crippen LogP contribution in [0, 0.1) is 0 Å². The van der Waals surface area contributed by atoms with Crippen LogP contribution in [0.3, 0.4) is 0 Å². The summed E-state index contributed by atoms with van der Waals surface area (Å²) < 4.78 is 0. The van der Waals surface area contributed by atoms with Gasteiger partial charge in [0.05, 0.1) is 0 Å². The highest BCUT2D eigenvalue weighted by atomic mass is 16.4. The van der Waals surface area contributed by atoms with E-state index in [1.807, 2.05) is 30.3 Å². The minimum Gasteiger partial charge on any atom is -0.480 e. The van der Waals surface area contributed by atoms with E-state index in [4.69, 9.17) is 0 Å². The van der Waals surface area contributed by atoms with E-state index in [0.29, 0.717) is 18.5 Å². The monoisotopic (exact) mass is 272 g/mol. The highest BCUT2D eigenvalue weighted by Crippen LogP contribution is 2.06. The van der Waals surface area contributed by atoms with Crippen LogP contribution >= 0.6 is 0 Å². The Hall–Kier alpha value is -2.56. The molecule has 1 heterocycles. The molecule has 0 bridgehead atoms. The van der Waals surface area contributed by atoms with Gasteiger partial charge in [0.15, 0.2) is 0 Å². The number of hydrogen-bond acceptors (Lipinski definition) is 2. The molecule has 0 unspecified atom stereocenters. The van der Waals surface area contributed by atoms with E-state index < -0.39 is 17.9 Å². The highest BCUT2D eigenvalue weighted by molar-refractivity contribution is 5.95. The number of carbonyl (C=O) groups is 2. The van der Waals surface area contributed by atoms with Crippen LogP contribution in [0.1, 0.15) is 22.5 Å². The van der Waals surface area contributed by atoms with E-state index >= 15 is 0 Å². The zero-order valence-electron chi connectivity index (χ0n) is 10.9. The molecular weight excluding hydrogens is 256 g/mol. The number of amides is 1. The second kappa shape index (κ2) is 6.56. The lowest BCUT2D eigenvalue weighted by atomic mass is 10.1. The predicted octanol–water partition coefficient (Wildman–Crippen LogP) is 1.83. The lowest BCUT2D eigenvalue weighted by Gasteiger charge is -2.14. The third-order valence-electron chi connectivity index (χ3n) is 3.01. The van der Waals surface area contributed by atoms with Crippen molar-refractivity contribution in [2.45, 2.75) is 18.9 Å². The lowest BCUT2D eigenvalue weighted by molar-refractivity contribution is -0.139. The largest absolute Gasteiger partial charge is 0.480 e. The van der Waals surface area contributed by atoms with Crippen molar-refractivity contribution < 1.29 is 14.7 Å². The van der Waals surface area contributed by atoms with Gasteiger partial charge in [-0.25, -0.2) is 4.79 Å². The number of aromatic nitrogens is 1. The molecule has 0 aliphatic carbocycles. The molecule has 0 fully saturated rings. The van der Waals surface area contributed by atoms with E-state index in [1.165, 1.54) is 0 Å². The summed E-state index contributed by atoms with van der Waals surface area (Å²) in [6.07, 6.45) is 2.57. The number of rotatable bonds is 6. The number of H-pyrrole nitrogens is 1. The molecule has 1 amide bonds. The predicted molar refractivity (Wildman–Crippen MR) is 74.4 cm³/mol. The summed E-state index contributed by atoms with van der Waals surface area (Å²) in [5.74, 6) is -1.43. The maximum Gasteiger partial charge on any atom is 0.326 e. The van der Waals surface area contributed by atoms with Gasteiger partial charge >= 0.3 is 5.97 Å². The Kier molecular flexibility index (Phi) is 4.55. The molecule has 2 aromatic rings. The molecule has 1 atom stereocenters. The van der Waals surface area contributed by atoms with Gasteiger partial charge in [-0.15, -0.1) is 0 Å². The van der Waals surface area contributed by atoms with Gasteiger partial charge in [-0.1, -0.05) is 30.3 Å². The van der Waals surface area contributed by atoms with Gasteiger partial charge in [0.2, 0.25) is 0 Å². The second-order valence-corrected chi connectivity index (χ2v) is 4.47. The van der Waals surface area contributed by atoms with Crippen molar-refractivity contribution in [3.63, 3.8) is 0 Å². The van der Waals surface area contributed by atoms with Crippen LogP contribution in [0.25, 0.3) is 0 Å². The number of aryl methyl sites for hydroxylation is 1. The molecule has 3 N–H and O–H groups in total. The summed E-state index contributed by atoms with van der Waals surface area (Å²) >= 11 is 0. The van der Waals surface area contributed by atoms with Crippen molar-refractivity contribution in [2.75, 3.05) is 0 Å². The number of hydrogen-bond donors (Lipinski definition) is 3. The lowest BCUT2D eigenvalue weighted by Crippen LogP contribution is -2.41. The Morgan fingerprint density at radius 2 is 1.90 bits per heavy atom. The molecule has 0 aliphatic rings.